The number of nitrogens with zero attached hydrogens (tertiary/aromatic N) is 1. The monoisotopic (exact) mass is 129 g/mol. The molecule has 0 saturated carbocycles. The first-order valence-corrected chi connectivity index (χ1v) is 2.85. The van der Waals surface area contributed by atoms with Crippen LogP contribution in [0.3, 0.4) is 0 Å². The van der Waals surface area contributed by atoms with E-state index in [1.54, 1.807) is 6.92 Å². The fourth-order valence-electron chi connectivity index (χ4n) is 0.755. The lowest BCUT2D eigenvalue weighted by molar-refractivity contribution is -0.719. The molecule has 0 aliphatic heterocycles. The lowest BCUT2D eigenvalue weighted by atomic mass is 10.3. The van der Waals surface area contributed by atoms with Gasteiger partial charge in [0.05, 0.1) is 0 Å². The van der Waals surface area contributed by atoms with Crippen LogP contribution in [0.2, 0.25) is 0 Å². The molecule has 1 aromatic heterocycles. The van der Waals surface area contributed by atoms with Crippen LogP contribution in [0.4, 0.5) is 0 Å². The van der Waals surface area contributed by atoms with E-state index in [-0.39, 0.29) is 0 Å². The van der Waals surface area contributed by atoms with E-state index in [1.807, 2.05) is 6.92 Å². The minimum Gasteiger partial charge on any atom is -0.0882 e. The molecule has 0 fully saturated rings. The van der Waals surface area contributed by atoms with Crippen LogP contribution in [0, 0.1) is 11.8 Å². The van der Waals surface area contributed by atoms with Gasteiger partial charge in [0.1, 0.15) is 0 Å². The molecule has 1 heterocycles. The number of aromatic amines is 1. The van der Waals surface area contributed by atoms with Crippen LogP contribution in [-0.2, 0) is 6.42 Å². The molecule has 0 aliphatic rings. The molecule has 1 aromatic rings. The van der Waals surface area contributed by atoms with Gasteiger partial charge in [-0.3, -0.25) is 0 Å². The third-order valence-corrected chi connectivity index (χ3v) is 1.27. The first-order valence-electron chi connectivity index (χ1n) is 2.85. The fourth-order valence-corrected chi connectivity index (χ4v) is 0.755. The third-order valence-electron chi connectivity index (χ3n) is 1.27. The lowest BCUT2D eigenvalue weighted by Crippen LogP contribution is -2.15. The van der Waals surface area contributed by atoms with Crippen LogP contribution >= 0.6 is 0 Å². The molecule has 0 aliphatic carbocycles. The maximum absolute atomic E-state index is 10.6. The molecule has 1 rings (SSSR count). The Morgan fingerprint density at radius 1 is 1.78 bits per heavy atom. The van der Waals surface area contributed by atoms with Gasteiger partial charge in [-0.25, -0.2) is 0 Å². The Morgan fingerprint density at radius 3 is 2.67 bits per heavy atom. The highest BCUT2D eigenvalue weighted by molar-refractivity contribution is 4.98. The minimum absolute atomic E-state index is 0.495. The quantitative estimate of drug-likeness (QED) is 0.596. The highest BCUT2D eigenvalue weighted by Gasteiger charge is 2.11. The molecule has 4 heteroatoms. The zero-order chi connectivity index (χ0) is 6.85. The number of nitrogens with one attached hydrogen (secondary N) is 1. The number of hydrogen-bond acceptors (Lipinski definition) is 2. The summed E-state index contributed by atoms with van der Waals surface area (Å²) < 4.78 is 4.92. The van der Waals surface area contributed by atoms with Crippen LogP contribution in [0.1, 0.15) is 18.3 Å². The van der Waals surface area contributed by atoms with Gasteiger partial charge in [-0.2, -0.15) is 0 Å². The van der Waals surface area contributed by atoms with Gasteiger partial charge in [0.15, 0.2) is 10.3 Å². The first kappa shape index (κ1) is 6.07. The van der Waals surface area contributed by atoms with Crippen LogP contribution in [0.25, 0.3) is 0 Å². The first-order chi connectivity index (χ1) is 4.25. The van der Waals surface area contributed by atoms with E-state index in [2.05, 4.69) is 9.79 Å². The van der Waals surface area contributed by atoms with Crippen molar-refractivity contribution >= 4 is 0 Å². The summed E-state index contributed by atoms with van der Waals surface area (Å²) in [6.07, 6.45) is 0.697. The van der Waals surface area contributed by atoms with Crippen molar-refractivity contribution in [3.63, 3.8) is 0 Å². The summed E-state index contributed by atoms with van der Waals surface area (Å²) in [5.74, 6) is 0. The topological polar surface area (TPSA) is 51.9 Å². The molecule has 0 unspecified atom stereocenters. The van der Waals surface area contributed by atoms with E-state index in [4.69, 9.17) is 0 Å². The van der Waals surface area contributed by atoms with Crippen LogP contribution in [0.5, 0.6) is 0 Å². The SMILES string of the molecule is CCc1c(C)[nH]o[n+]1=O. The standard InChI is InChI=1S/C5H9N2O2/c1-3-5-4(2)6-9-7(5)8/h6H,3H2,1-2H3/q+1. The summed E-state index contributed by atoms with van der Waals surface area (Å²) in [6.45, 7) is 3.71. The van der Waals surface area contributed by atoms with Gasteiger partial charge in [-0.15, -0.1) is 0 Å². The molecule has 1 N–H and O–H groups in total. The average molecular weight is 129 g/mol. The van der Waals surface area contributed by atoms with Crippen LogP contribution in [0.15, 0.2) is 4.63 Å². The zero-order valence-corrected chi connectivity index (χ0v) is 5.47. The summed E-state index contributed by atoms with van der Waals surface area (Å²) in [4.78, 5) is 10.6. The van der Waals surface area contributed by atoms with Gasteiger partial charge >= 0.3 is 0 Å². The third kappa shape index (κ3) is 0.872. The largest absolute Gasteiger partial charge is 0.244 e. The molecule has 9 heavy (non-hydrogen) atoms. The molecule has 0 atom stereocenters. The highest BCUT2D eigenvalue weighted by Crippen LogP contribution is 1.95. The maximum atomic E-state index is 10.6. The van der Waals surface area contributed by atoms with Crippen LogP contribution < -0.4 is 4.60 Å². The molecule has 0 spiro atoms. The molecular weight excluding hydrogens is 120 g/mol. The molecule has 0 saturated heterocycles. The molecule has 0 radical (unpaired) electrons. The fraction of sp³-hybridized carbons (Fsp3) is 0.600. The van der Waals surface area contributed by atoms with E-state index in [1.165, 1.54) is 0 Å². The molecule has 50 valence electrons. The van der Waals surface area contributed by atoms with E-state index < -0.39 is 0 Å². The minimum atomic E-state index is 0.495. The summed E-state index contributed by atoms with van der Waals surface area (Å²) in [5, 5.41) is 2.46. The van der Waals surface area contributed by atoms with Crippen molar-refractivity contribution in [2.24, 2.45) is 0 Å². The second kappa shape index (κ2) is 2.05. The second-order valence-electron chi connectivity index (χ2n) is 1.88. The second-order valence-corrected chi connectivity index (χ2v) is 1.88. The van der Waals surface area contributed by atoms with Crippen molar-refractivity contribution in [2.45, 2.75) is 20.3 Å². The summed E-state index contributed by atoms with van der Waals surface area (Å²) in [6, 6.07) is 0. The zero-order valence-electron chi connectivity index (χ0n) is 5.47. The van der Waals surface area contributed by atoms with Gasteiger partial charge in [-0.05, 0) is 4.91 Å². The predicted molar refractivity (Wildman–Crippen MR) is 30.5 cm³/mol. The predicted octanol–water partition coefficient (Wildman–Crippen LogP) is 0.393. The van der Waals surface area contributed by atoms with Crippen molar-refractivity contribution in [3.8, 4) is 0 Å². The molecule has 0 aromatic carbocycles. The number of H-pyrrole nitrogens is 1. The van der Waals surface area contributed by atoms with E-state index in [9.17, 15) is 4.91 Å². The lowest BCUT2D eigenvalue weighted by Gasteiger charge is -1.74. The van der Waals surface area contributed by atoms with Gasteiger partial charge in [-0.1, -0.05) is 16.7 Å². The number of aryl methyl sites for hydroxylation is 1. The average Bonchev–Trinajstić information content (AvgIpc) is 2.12. The molecule has 4 nitrogen and oxygen atoms in total. The number of hydrogen-bond donors (Lipinski definition) is 1. The Bertz CT molecular complexity index is 248. The van der Waals surface area contributed by atoms with Gasteiger partial charge < -0.3 is 0 Å². The van der Waals surface area contributed by atoms with Gasteiger partial charge in [0.2, 0.25) is 5.69 Å². The van der Waals surface area contributed by atoms with Crippen molar-refractivity contribution < 1.29 is 9.23 Å². The smallest absolute Gasteiger partial charge is 0.0882 e. The van der Waals surface area contributed by atoms with Crippen molar-refractivity contribution in [1.29, 1.82) is 0 Å². The Labute approximate surface area is 52.0 Å². The normalized spacial score (nSPS) is 10.0. The van der Waals surface area contributed by atoms with Crippen LogP contribution in [-0.4, -0.2) is 5.16 Å². The summed E-state index contributed by atoms with van der Waals surface area (Å²) in [7, 11) is 0. The van der Waals surface area contributed by atoms with Crippen molar-refractivity contribution in [2.75, 3.05) is 0 Å². The van der Waals surface area contributed by atoms with Crippen molar-refractivity contribution in [1.82, 2.24) is 5.16 Å². The highest BCUT2D eigenvalue weighted by atomic mass is 16.7. The van der Waals surface area contributed by atoms with Gasteiger partial charge in [0.25, 0.3) is 0 Å². The van der Waals surface area contributed by atoms with Crippen molar-refractivity contribution in [3.05, 3.63) is 16.3 Å². The Hall–Kier alpha value is -1.06. The van der Waals surface area contributed by atoms with E-state index in [0.717, 1.165) is 5.69 Å². The number of rotatable bonds is 1. The Morgan fingerprint density at radius 2 is 2.44 bits per heavy atom. The van der Waals surface area contributed by atoms with E-state index >= 15 is 0 Å². The molecule has 0 amide bonds. The maximum Gasteiger partial charge on any atom is 0.244 e. The Kier molecular flexibility index (Phi) is 1.38. The van der Waals surface area contributed by atoms with E-state index in [0.29, 0.717) is 16.7 Å². The summed E-state index contributed by atoms with van der Waals surface area (Å²) in [5.41, 5.74) is 1.46. The summed E-state index contributed by atoms with van der Waals surface area (Å²) >= 11 is 0. The Balaban J connectivity index is 3.23. The molecule has 0 bridgehead atoms. The van der Waals surface area contributed by atoms with Gasteiger partial charge in [0, 0.05) is 13.3 Å². The molecular formula is C5H9N2O2+. The number of aromatic nitrogens is 2.